The molecular weight excluding hydrogens is 229 g/mol. The number of hydrogen-bond acceptors (Lipinski definition) is 3. The summed E-state index contributed by atoms with van der Waals surface area (Å²) in [6.45, 7) is 0. The first-order valence-electron chi connectivity index (χ1n) is 4.16. The van der Waals surface area contributed by atoms with Crippen molar-refractivity contribution < 1.29 is 27.4 Å². The van der Waals surface area contributed by atoms with Gasteiger partial charge in [-0.1, -0.05) is 0 Å². The van der Waals surface area contributed by atoms with Crippen molar-refractivity contribution in [1.82, 2.24) is 0 Å². The highest BCUT2D eigenvalue weighted by molar-refractivity contribution is 6.14. The van der Waals surface area contributed by atoms with Crippen molar-refractivity contribution in [2.24, 2.45) is 5.73 Å². The third kappa shape index (κ3) is 3.39. The quantitative estimate of drug-likeness (QED) is 0.445. The summed E-state index contributed by atoms with van der Waals surface area (Å²) < 4.78 is 52.3. The first-order valence-corrected chi connectivity index (χ1v) is 4.16. The van der Waals surface area contributed by atoms with Crippen LogP contribution in [-0.2, 0) is 5.62 Å². The summed E-state index contributed by atoms with van der Waals surface area (Å²) >= 11 is 0. The molecule has 88 valence electrons. The Morgan fingerprint density at radius 2 is 1.88 bits per heavy atom. The van der Waals surface area contributed by atoms with Crippen LogP contribution < -0.4 is 10.5 Å². The Morgan fingerprint density at radius 1 is 1.31 bits per heavy atom. The van der Waals surface area contributed by atoms with E-state index in [0.29, 0.717) is 6.07 Å². The van der Waals surface area contributed by atoms with Gasteiger partial charge >= 0.3 is 6.36 Å². The van der Waals surface area contributed by atoms with E-state index in [0.717, 1.165) is 20.0 Å². The Balaban J connectivity index is 3.09. The molecular formula is C8H8BF4NO2. The summed E-state index contributed by atoms with van der Waals surface area (Å²) in [5, 5.41) is 9.29. The number of hydrogen-bond donors (Lipinski definition) is 2. The van der Waals surface area contributed by atoms with Gasteiger partial charge in [0.1, 0.15) is 17.2 Å². The van der Waals surface area contributed by atoms with Gasteiger partial charge in [-0.2, -0.15) is 0 Å². The van der Waals surface area contributed by atoms with Gasteiger partial charge in [-0.3, -0.25) is 0 Å². The number of nitrogens with two attached hydrogens (primary N) is 1. The lowest BCUT2D eigenvalue weighted by molar-refractivity contribution is -0.274. The van der Waals surface area contributed by atoms with Crippen molar-refractivity contribution in [2.45, 2.75) is 12.0 Å². The molecule has 0 saturated carbocycles. The molecule has 1 rings (SSSR count). The van der Waals surface area contributed by atoms with Crippen molar-refractivity contribution in [2.75, 3.05) is 0 Å². The standard InChI is InChI=1S/C8H8BF4NO2/c9-7(14,15)5-3-4(1-2-6(5)10)16-8(11,12)13/h1-3,15H,9,14H2. The highest BCUT2D eigenvalue weighted by Crippen LogP contribution is 2.27. The maximum Gasteiger partial charge on any atom is 0.573 e. The third-order valence-electron chi connectivity index (χ3n) is 1.72. The molecule has 1 aromatic rings. The average Bonchev–Trinajstić information content (AvgIpc) is 2.04. The molecule has 0 aliphatic heterocycles. The van der Waals surface area contributed by atoms with E-state index in [2.05, 4.69) is 4.74 Å². The second-order valence-electron chi connectivity index (χ2n) is 3.34. The summed E-state index contributed by atoms with van der Waals surface area (Å²) in [7, 11) is 1.04. The minimum atomic E-state index is -4.88. The smallest absolute Gasteiger partial charge is 0.406 e. The van der Waals surface area contributed by atoms with E-state index >= 15 is 0 Å². The highest BCUT2D eigenvalue weighted by Gasteiger charge is 2.32. The summed E-state index contributed by atoms with van der Waals surface area (Å²) in [6, 6.07) is 2.22. The molecule has 0 heterocycles. The fourth-order valence-corrected chi connectivity index (χ4v) is 1.09. The van der Waals surface area contributed by atoms with Crippen LogP contribution in [0.1, 0.15) is 5.56 Å². The Labute approximate surface area is 89.2 Å². The lowest BCUT2D eigenvalue weighted by Gasteiger charge is -2.20. The van der Waals surface area contributed by atoms with Crippen LogP contribution in [0.3, 0.4) is 0 Å². The zero-order valence-electron chi connectivity index (χ0n) is 8.18. The van der Waals surface area contributed by atoms with Gasteiger partial charge in [0.2, 0.25) is 0 Å². The van der Waals surface area contributed by atoms with Crippen LogP contribution in [0.25, 0.3) is 0 Å². The molecule has 0 radical (unpaired) electrons. The molecule has 0 aliphatic rings. The van der Waals surface area contributed by atoms with E-state index in [1.165, 1.54) is 0 Å². The number of rotatable bonds is 2. The Bertz CT molecular complexity index is 389. The Morgan fingerprint density at radius 3 is 2.31 bits per heavy atom. The van der Waals surface area contributed by atoms with E-state index in [1.807, 2.05) is 0 Å². The van der Waals surface area contributed by atoms with Crippen molar-refractivity contribution >= 4 is 7.85 Å². The molecule has 0 aliphatic carbocycles. The lowest BCUT2D eigenvalue weighted by Crippen LogP contribution is -2.37. The van der Waals surface area contributed by atoms with Crippen molar-refractivity contribution in [3.8, 4) is 5.75 Å². The van der Waals surface area contributed by atoms with Crippen molar-refractivity contribution in [1.29, 1.82) is 0 Å². The molecule has 3 nitrogen and oxygen atoms in total. The number of ether oxygens (including phenoxy) is 1. The number of aliphatic hydroxyl groups is 1. The fraction of sp³-hybridized carbons (Fsp3) is 0.250. The van der Waals surface area contributed by atoms with Gasteiger partial charge in [0.15, 0.2) is 7.85 Å². The normalized spacial score (nSPS) is 15.6. The first-order chi connectivity index (χ1) is 7.09. The van der Waals surface area contributed by atoms with Crippen LogP contribution in [0.5, 0.6) is 5.75 Å². The van der Waals surface area contributed by atoms with E-state index in [1.54, 1.807) is 0 Å². The van der Waals surface area contributed by atoms with E-state index in [-0.39, 0.29) is 0 Å². The maximum atomic E-state index is 13.1. The van der Waals surface area contributed by atoms with Gasteiger partial charge in [0.25, 0.3) is 0 Å². The van der Waals surface area contributed by atoms with Gasteiger partial charge in [-0.25, -0.2) is 4.39 Å². The lowest BCUT2D eigenvalue weighted by atomic mass is 9.84. The first kappa shape index (κ1) is 12.8. The number of halogens is 4. The summed E-state index contributed by atoms with van der Waals surface area (Å²) in [5.74, 6) is -1.56. The largest absolute Gasteiger partial charge is 0.573 e. The zero-order chi connectivity index (χ0) is 12.6. The van der Waals surface area contributed by atoms with Crippen LogP contribution in [-0.4, -0.2) is 19.3 Å². The third-order valence-corrected chi connectivity index (χ3v) is 1.72. The molecule has 0 amide bonds. The van der Waals surface area contributed by atoms with Gasteiger partial charge in [0, 0.05) is 5.56 Å². The Hall–Kier alpha value is -1.28. The van der Waals surface area contributed by atoms with E-state index < -0.39 is 29.1 Å². The fourth-order valence-electron chi connectivity index (χ4n) is 1.09. The predicted octanol–water partition coefficient (Wildman–Crippen LogP) is 0.419. The average molecular weight is 237 g/mol. The van der Waals surface area contributed by atoms with Crippen LogP contribution in [0.2, 0.25) is 0 Å². The molecule has 8 heteroatoms. The van der Waals surface area contributed by atoms with E-state index in [4.69, 9.17) is 5.73 Å². The van der Waals surface area contributed by atoms with Crippen LogP contribution in [0, 0.1) is 5.82 Å². The van der Waals surface area contributed by atoms with Crippen LogP contribution in [0.15, 0.2) is 18.2 Å². The predicted molar refractivity (Wildman–Crippen MR) is 49.7 cm³/mol. The van der Waals surface area contributed by atoms with Gasteiger partial charge in [-0.15, -0.1) is 13.2 Å². The molecule has 1 atom stereocenters. The molecule has 0 aromatic heterocycles. The second kappa shape index (κ2) is 3.95. The van der Waals surface area contributed by atoms with Gasteiger partial charge in [0.05, 0.1) is 0 Å². The molecule has 0 bridgehead atoms. The topological polar surface area (TPSA) is 55.5 Å². The highest BCUT2D eigenvalue weighted by atomic mass is 19.4. The van der Waals surface area contributed by atoms with Crippen molar-refractivity contribution in [3.05, 3.63) is 29.6 Å². The van der Waals surface area contributed by atoms with Gasteiger partial charge in [-0.05, 0) is 18.2 Å². The second-order valence-corrected chi connectivity index (χ2v) is 3.34. The van der Waals surface area contributed by atoms with Gasteiger partial charge < -0.3 is 15.6 Å². The minimum absolute atomic E-state index is 0.478. The van der Waals surface area contributed by atoms with E-state index in [9.17, 15) is 22.7 Å². The number of alkyl halides is 3. The molecule has 16 heavy (non-hydrogen) atoms. The molecule has 0 saturated heterocycles. The summed E-state index contributed by atoms with van der Waals surface area (Å²) in [6.07, 6.45) is -4.88. The van der Waals surface area contributed by atoms with Crippen molar-refractivity contribution in [3.63, 3.8) is 0 Å². The Kier molecular flexibility index (Phi) is 3.16. The minimum Gasteiger partial charge on any atom is -0.406 e. The van der Waals surface area contributed by atoms with Crippen LogP contribution in [0.4, 0.5) is 17.6 Å². The SMILES string of the molecule is BC(N)(O)c1cc(OC(F)(F)F)ccc1F. The summed E-state index contributed by atoms with van der Waals surface area (Å²) in [4.78, 5) is 0. The monoisotopic (exact) mass is 237 g/mol. The zero-order valence-corrected chi connectivity index (χ0v) is 8.18. The summed E-state index contributed by atoms with van der Waals surface area (Å²) in [5.41, 5.74) is 2.62. The maximum absolute atomic E-state index is 13.1. The molecule has 1 unspecified atom stereocenters. The molecule has 3 N–H and O–H groups in total. The molecule has 0 spiro atoms. The number of benzene rings is 1. The molecule has 1 aromatic carbocycles. The van der Waals surface area contributed by atoms with Crippen LogP contribution >= 0.6 is 0 Å². The molecule has 0 fully saturated rings.